The number of carbonyl (C=O) groups excluding carboxylic acids is 3. The van der Waals surface area contributed by atoms with Gasteiger partial charge in [-0.25, -0.2) is 4.79 Å². The Morgan fingerprint density at radius 2 is 2.14 bits per heavy atom. The molecule has 3 heterocycles. The monoisotopic (exact) mass is 407 g/mol. The first-order valence-corrected chi connectivity index (χ1v) is 9.85. The van der Waals surface area contributed by atoms with E-state index < -0.39 is 35.3 Å². The molecule has 2 N–H and O–H groups in total. The summed E-state index contributed by atoms with van der Waals surface area (Å²) in [6.07, 6.45) is 1.11. The minimum atomic E-state index is -1.07. The van der Waals surface area contributed by atoms with E-state index in [-0.39, 0.29) is 19.0 Å². The van der Waals surface area contributed by atoms with Crippen LogP contribution < -0.4 is 5.32 Å². The van der Waals surface area contributed by atoms with Crippen LogP contribution in [0.1, 0.15) is 46.3 Å². The molecule has 1 unspecified atom stereocenters. The molecule has 0 radical (unpaired) electrons. The highest BCUT2D eigenvalue weighted by molar-refractivity contribution is 5.99. The largest absolute Gasteiger partial charge is 0.467 e. The maximum atomic E-state index is 13.1. The lowest BCUT2D eigenvalue weighted by Gasteiger charge is -2.53. The Hall–Kier alpha value is -2.55. The summed E-state index contributed by atoms with van der Waals surface area (Å²) in [6.45, 7) is 7.56. The normalized spacial score (nSPS) is 23.7. The Morgan fingerprint density at radius 1 is 1.41 bits per heavy atom. The molecule has 29 heavy (non-hydrogen) atoms. The van der Waals surface area contributed by atoms with Crippen molar-refractivity contribution in [1.82, 2.24) is 15.1 Å². The van der Waals surface area contributed by atoms with Gasteiger partial charge in [-0.3, -0.25) is 14.5 Å². The molecule has 2 fully saturated rings. The summed E-state index contributed by atoms with van der Waals surface area (Å²) < 4.78 is 10.6. The van der Waals surface area contributed by atoms with E-state index in [1.807, 2.05) is 0 Å². The van der Waals surface area contributed by atoms with Crippen molar-refractivity contribution in [2.45, 2.75) is 70.4 Å². The van der Waals surface area contributed by atoms with Crippen molar-refractivity contribution in [3.63, 3.8) is 0 Å². The van der Waals surface area contributed by atoms with Crippen LogP contribution in [0.3, 0.4) is 0 Å². The van der Waals surface area contributed by atoms with Crippen molar-refractivity contribution in [2.24, 2.45) is 0 Å². The lowest BCUT2D eigenvalue weighted by molar-refractivity contribution is -0.171. The van der Waals surface area contributed by atoms with Crippen LogP contribution in [0.25, 0.3) is 0 Å². The van der Waals surface area contributed by atoms with Crippen LogP contribution in [-0.2, 0) is 20.9 Å². The topological polar surface area (TPSA) is 112 Å². The van der Waals surface area contributed by atoms with E-state index in [9.17, 15) is 19.5 Å². The van der Waals surface area contributed by atoms with E-state index in [1.165, 1.54) is 23.0 Å². The molecule has 0 bridgehead atoms. The lowest BCUT2D eigenvalue weighted by atomic mass is 9.83. The van der Waals surface area contributed by atoms with Gasteiger partial charge in [0.05, 0.1) is 25.5 Å². The van der Waals surface area contributed by atoms with Gasteiger partial charge in [0.2, 0.25) is 5.91 Å². The predicted molar refractivity (Wildman–Crippen MR) is 103 cm³/mol. The second-order valence-corrected chi connectivity index (χ2v) is 8.68. The molecule has 3 rings (SSSR count). The third-order valence-corrected chi connectivity index (χ3v) is 5.27. The van der Waals surface area contributed by atoms with Gasteiger partial charge < -0.3 is 24.5 Å². The Kier molecular flexibility index (Phi) is 5.62. The van der Waals surface area contributed by atoms with Crippen molar-refractivity contribution in [3.05, 3.63) is 24.2 Å². The number of nitrogens with zero attached hydrogens (tertiary/aromatic N) is 2. The third kappa shape index (κ3) is 4.10. The zero-order chi connectivity index (χ0) is 21.4. The molecule has 2 saturated heterocycles. The van der Waals surface area contributed by atoms with Crippen LogP contribution in [0.15, 0.2) is 22.8 Å². The fourth-order valence-corrected chi connectivity index (χ4v) is 3.98. The van der Waals surface area contributed by atoms with E-state index in [1.54, 1.807) is 32.9 Å². The summed E-state index contributed by atoms with van der Waals surface area (Å²) in [5.74, 6) is -0.234. The van der Waals surface area contributed by atoms with E-state index in [0.29, 0.717) is 25.1 Å². The highest BCUT2D eigenvalue weighted by Gasteiger charge is 2.62. The second-order valence-electron chi connectivity index (χ2n) is 8.68. The number of likely N-dealkylation sites (tertiary alicyclic amines) is 2. The molecule has 1 aromatic rings. The van der Waals surface area contributed by atoms with Gasteiger partial charge in [0.25, 0.3) is 5.91 Å². The van der Waals surface area contributed by atoms with Gasteiger partial charge >= 0.3 is 6.09 Å². The number of aliphatic hydroxyl groups is 1. The SMILES string of the molecule is C[C@@H](O)[C@@H](C(=O)NCc1ccco1)N1CC2(CCCN2C(=O)OC(C)(C)C)C1=O. The molecule has 0 saturated carbocycles. The van der Waals surface area contributed by atoms with Gasteiger partial charge in [-0.1, -0.05) is 0 Å². The number of hydrogen-bond donors (Lipinski definition) is 2. The molecular weight excluding hydrogens is 378 g/mol. The fraction of sp³-hybridized carbons (Fsp3) is 0.650. The molecule has 0 aliphatic carbocycles. The van der Waals surface area contributed by atoms with Crippen LogP contribution in [0.4, 0.5) is 4.79 Å². The number of furan rings is 1. The van der Waals surface area contributed by atoms with Gasteiger partial charge in [0.1, 0.15) is 22.9 Å². The summed E-state index contributed by atoms with van der Waals surface area (Å²) in [4.78, 5) is 41.2. The van der Waals surface area contributed by atoms with Crippen molar-refractivity contribution in [2.75, 3.05) is 13.1 Å². The van der Waals surface area contributed by atoms with Crippen molar-refractivity contribution < 1.29 is 28.6 Å². The standard InChI is InChI=1S/C20H29N3O6/c1-13(24)15(16(25)21-11-14-7-5-10-28-14)22-12-20(17(22)26)8-6-9-23(20)18(27)29-19(2,3)4/h5,7,10,13,15,24H,6,8-9,11-12H2,1-4H3,(H,21,25)/t13-,15+,20?/m1/s1. The molecule has 1 aromatic heterocycles. The van der Waals surface area contributed by atoms with E-state index in [2.05, 4.69) is 5.32 Å². The zero-order valence-corrected chi connectivity index (χ0v) is 17.3. The fourth-order valence-electron chi connectivity index (χ4n) is 3.98. The summed E-state index contributed by atoms with van der Waals surface area (Å²) >= 11 is 0. The van der Waals surface area contributed by atoms with Crippen LogP contribution in [-0.4, -0.2) is 69.2 Å². The van der Waals surface area contributed by atoms with E-state index in [0.717, 1.165) is 0 Å². The molecule has 3 amide bonds. The Labute approximate surface area is 170 Å². The van der Waals surface area contributed by atoms with E-state index >= 15 is 0 Å². The van der Waals surface area contributed by atoms with Gasteiger partial charge in [-0.05, 0) is 52.7 Å². The second kappa shape index (κ2) is 7.70. The first kappa shape index (κ1) is 21.2. The Bertz CT molecular complexity index is 770. The summed E-state index contributed by atoms with van der Waals surface area (Å²) in [5, 5.41) is 12.9. The minimum absolute atomic E-state index is 0.159. The lowest BCUT2D eigenvalue weighted by Crippen LogP contribution is -2.77. The molecule has 9 heteroatoms. The van der Waals surface area contributed by atoms with Gasteiger partial charge in [0.15, 0.2) is 0 Å². The summed E-state index contributed by atoms with van der Waals surface area (Å²) in [5.41, 5.74) is -1.65. The van der Waals surface area contributed by atoms with E-state index in [4.69, 9.17) is 9.15 Å². The number of amides is 3. The quantitative estimate of drug-likeness (QED) is 0.711. The maximum Gasteiger partial charge on any atom is 0.411 e. The number of aliphatic hydroxyl groups excluding tert-OH is 1. The van der Waals surface area contributed by atoms with Gasteiger partial charge in [-0.2, -0.15) is 0 Å². The maximum absolute atomic E-state index is 13.1. The van der Waals surface area contributed by atoms with Crippen LogP contribution in [0, 0.1) is 0 Å². The Balaban J connectivity index is 1.69. The Morgan fingerprint density at radius 3 is 2.69 bits per heavy atom. The third-order valence-electron chi connectivity index (χ3n) is 5.27. The first-order valence-electron chi connectivity index (χ1n) is 9.85. The van der Waals surface area contributed by atoms with Crippen molar-refractivity contribution in [1.29, 1.82) is 0 Å². The highest BCUT2D eigenvalue weighted by Crippen LogP contribution is 2.41. The molecule has 0 aromatic carbocycles. The average molecular weight is 407 g/mol. The molecule has 1 spiro atoms. The van der Waals surface area contributed by atoms with Crippen LogP contribution in [0.2, 0.25) is 0 Å². The zero-order valence-electron chi connectivity index (χ0n) is 17.3. The summed E-state index contributed by atoms with van der Waals surface area (Å²) in [7, 11) is 0. The molecule has 2 aliphatic rings. The molecule has 9 nitrogen and oxygen atoms in total. The molecule has 3 atom stereocenters. The highest BCUT2D eigenvalue weighted by atomic mass is 16.6. The number of ether oxygens (including phenoxy) is 1. The first-order chi connectivity index (χ1) is 13.5. The van der Waals surface area contributed by atoms with Crippen LogP contribution >= 0.6 is 0 Å². The number of hydrogen-bond acceptors (Lipinski definition) is 6. The van der Waals surface area contributed by atoms with Crippen molar-refractivity contribution >= 4 is 17.9 Å². The average Bonchev–Trinajstić information content (AvgIpc) is 3.28. The molecule has 2 aliphatic heterocycles. The van der Waals surface area contributed by atoms with Gasteiger partial charge in [-0.15, -0.1) is 0 Å². The molecular formula is C20H29N3O6. The minimum Gasteiger partial charge on any atom is -0.467 e. The van der Waals surface area contributed by atoms with Crippen molar-refractivity contribution in [3.8, 4) is 0 Å². The predicted octanol–water partition coefficient (Wildman–Crippen LogP) is 1.26. The number of nitrogens with one attached hydrogen (secondary N) is 1. The number of rotatable bonds is 5. The summed E-state index contributed by atoms with van der Waals surface area (Å²) in [6, 6.07) is 2.39. The number of β-lactam (4-membered cyclic amide) rings is 1. The van der Waals surface area contributed by atoms with Crippen LogP contribution in [0.5, 0.6) is 0 Å². The smallest absolute Gasteiger partial charge is 0.411 e. The number of carbonyl (C=O) groups is 3. The van der Waals surface area contributed by atoms with Gasteiger partial charge in [0, 0.05) is 6.54 Å². The molecule has 160 valence electrons.